The fourth-order valence-corrected chi connectivity index (χ4v) is 1.78. The normalized spacial score (nSPS) is 9.85. The third kappa shape index (κ3) is 2.95. The summed E-state index contributed by atoms with van der Waals surface area (Å²) in [6, 6.07) is 9.81. The Balaban J connectivity index is 2.23. The van der Waals surface area contributed by atoms with Gasteiger partial charge in [-0.25, -0.2) is 4.39 Å². The molecule has 0 saturated carbocycles. The minimum absolute atomic E-state index is 0.0311. The third-order valence-electron chi connectivity index (χ3n) is 2.55. The molecule has 0 saturated heterocycles. The number of hydrogen-bond donors (Lipinski definition) is 2. The number of nitrogens with one attached hydrogen (secondary N) is 1. The molecule has 0 aromatic heterocycles. The van der Waals surface area contributed by atoms with Crippen LogP contribution in [-0.4, -0.2) is 11.0 Å². The Kier molecular flexibility index (Phi) is 4.01. The maximum absolute atomic E-state index is 13.6. The molecule has 0 unspecified atom stereocenters. The van der Waals surface area contributed by atoms with E-state index in [1.807, 2.05) is 0 Å². The lowest BCUT2D eigenvalue weighted by Crippen LogP contribution is -2.13. The van der Waals surface area contributed by atoms with E-state index < -0.39 is 11.7 Å². The van der Waals surface area contributed by atoms with Crippen LogP contribution in [0.25, 0.3) is 0 Å². The topological polar surface area (TPSA) is 73.1 Å². The highest BCUT2D eigenvalue weighted by Crippen LogP contribution is 2.25. The number of hydrogen-bond acceptors (Lipinski definition) is 3. The Morgan fingerprint density at radius 3 is 2.65 bits per heavy atom. The molecule has 4 nitrogen and oxygen atoms in total. The molecule has 0 aliphatic carbocycles. The number of phenols is 1. The van der Waals surface area contributed by atoms with E-state index in [1.54, 1.807) is 6.07 Å². The summed E-state index contributed by atoms with van der Waals surface area (Å²) in [6.07, 6.45) is 0. The SMILES string of the molecule is N#Cc1ccc(NC(=O)c2ccc(Br)c(O)c2)c(F)c1. The van der Waals surface area contributed by atoms with E-state index in [1.165, 1.54) is 30.3 Å². The van der Waals surface area contributed by atoms with E-state index in [2.05, 4.69) is 21.2 Å². The molecule has 0 heterocycles. The molecule has 6 heteroatoms. The van der Waals surface area contributed by atoms with Gasteiger partial charge in [0.05, 0.1) is 21.8 Å². The van der Waals surface area contributed by atoms with Crippen LogP contribution >= 0.6 is 15.9 Å². The van der Waals surface area contributed by atoms with Crippen LogP contribution in [0, 0.1) is 17.1 Å². The molecule has 20 heavy (non-hydrogen) atoms. The van der Waals surface area contributed by atoms with E-state index in [0.717, 1.165) is 6.07 Å². The smallest absolute Gasteiger partial charge is 0.255 e. The molecule has 0 spiro atoms. The predicted octanol–water partition coefficient (Wildman–Crippen LogP) is 3.42. The van der Waals surface area contributed by atoms with E-state index in [0.29, 0.717) is 4.47 Å². The number of nitriles is 1. The predicted molar refractivity (Wildman–Crippen MR) is 74.9 cm³/mol. The molecule has 0 atom stereocenters. The molecule has 0 bridgehead atoms. The zero-order chi connectivity index (χ0) is 14.7. The Bertz CT molecular complexity index is 726. The van der Waals surface area contributed by atoms with Crippen molar-refractivity contribution in [2.24, 2.45) is 0 Å². The lowest BCUT2D eigenvalue weighted by molar-refractivity contribution is 0.102. The zero-order valence-electron chi connectivity index (χ0n) is 10.0. The van der Waals surface area contributed by atoms with Gasteiger partial charge in [0, 0.05) is 5.56 Å². The minimum Gasteiger partial charge on any atom is -0.507 e. The first-order chi connectivity index (χ1) is 9.51. The molecule has 0 radical (unpaired) electrons. The number of phenolic OH excluding ortho intramolecular Hbond substituents is 1. The Morgan fingerprint density at radius 2 is 2.05 bits per heavy atom. The highest BCUT2D eigenvalue weighted by Gasteiger charge is 2.11. The molecule has 1 amide bonds. The molecule has 2 aromatic rings. The van der Waals surface area contributed by atoms with Gasteiger partial charge in [-0.3, -0.25) is 4.79 Å². The number of carbonyl (C=O) groups is 1. The third-order valence-corrected chi connectivity index (χ3v) is 3.23. The summed E-state index contributed by atoms with van der Waals surface area (Å²) < 4.78 is 14.1. The van der Waals surface area contributed by atoms with Crippen LogP contribution in [0.3, 0.4) is 0 Å². The van der Waals surface area contributed by atoms with Crippen molar-refractivity contribution in [3.63, 3.8) is 0 Å². The van der Waals surface area contributed by atoms with Crippen molar-refractivity contribution in [3.05, 3.63) is 57.8 Å². The van der Waals surface area contributed by atoms with Gasteiger partial charge in [-0.15, -0.1) is 0 Å². The summed E-state index contributed by atoms with van der Waals surface area (Å²) in [5.74, 6) is -1.34. The lowest BCUT2D eigenvalue weighted by Gasteiger charge is -2.07. The maximum atomic E-state index is 13.6. The number of nitrogens with zero attached hydrogens (tertiary/aromatic N) is 1. The van der Waals surface area contributed by atoms with E-state index in [4.69, 9.17) is 5.26 Å². The van der Waals surface area contributed by atoms with Crippen molar-refractivity contribution in [2.45, 2.75) is 0 Å². The molecular formula is C14H8BrFN2O2. The van der Waals surface area contributed by atoms with Crippen molar-refractivity contribution < 1.29 is 14.3 Å². The minimum atomic E-state index is -0.696. The van der Waals surface area contributed by atoms with Gasteiger partial charge < -0.3 is 10.4 Å². The maximum Gasteiger partial charge on any atom is 0.255 e. The van der Waals surface area contributed by atoms with Crippen LogP contribution < -0.4 is 5.32 Å². The second-order valence-electron chi connectivity index (χ2n) is 3.93. The first-order valence-corrected chi connectivity index (χ1v) is 6.30. The summed E-state index contributed by atoms with van der Waals surface area (Å²) in [7, 11) is 0. The summed E-state index contributed by atoms with van der Waals surface area (Å²) in [5, 5.41) is 20.5. The van der Waals surface area contributed by atoms with Gasteiger partial charge in [-0.1, -0.05) is 0 Å². The quantitative estimate of drug-likeness (QED) is 0.883. The van der Waals surface area contributed by atoms with Crippen molar-refractivity contribution in [3.8, 4) is 11.8 Å². The summed E-state index contributed by atoms with van der Waals surface area (Å²) >= 11 is 3.10. The molecule has 0 aliphatic rings. The number of carbonyl (C=O) groups excluding carboxylic acids is 1. The molecule has 2 rings (SSSR count). The van der Waals surface area contributed by atoms with Crippen LogP contribution in [0.1, 0.15) is 15.9 Å². The fraction of sp³-hybridized carbons (Fsp3) is 0. The van der Waals surface area contributed by atoms with Gasteiger partial charge in [0.1, 0.15) is 11.6 Å². The van der Waals surface area contributed by atoms with Gasteiger partial charge in [0.15, 0.2) is 0 Å². The second-order valence-corrected chi connectivity index (χ2v) is 4.78. The first-order valence-electron chi connectivity index (χ1n) is 5.51. The Morgan fingerprint density at radius 1 is 1.30 bits per heavy atom. The molecule has 0 fully saturated rings. The molecule has 2 aromatic carbocycles. The van der Waals surface area contributed by atoms with Gasteiger partial charge in [-0.2, -0.15) is 5.26 Å². The molecule has 0 aliphatic heterocycles. The van der Waals surface area contributed by atoms with Crippen molar-refractivity contribution in [1.29, 1.82) is 5.26 Å². The number of benzene rings is 2. The molecule has 2 N–H and O–H groups in total. The summed E-state index contributed by atoms with van der Waals surface area (Å²) in [4.78, 5) is 11.9. The summed E-state index contributed by atoms with van der Waals surface area (Å²) in [6.45, 7) is 0. The van der Waals surface area contributed by atoms with E-state index in [9.17, 15) is 14.3 Å². The van der Waals surface area contributed by atoms with Gasteiger partial charge in [0.25, 0.3) is 5.91 Å². The van der Waals surface area contributed by atoms with Crippen LogP contribution in [0.15, 0.2) is 40.9 Å². The molecular weight excluding hydrogens is 327 g/mol. The number of aromatic hydroxyl groups is 1. The van der Waals surface area contributed by atoms with E-state index in [-0.39, 0.29) is 22.6 Å². The fourth-order valence-electron chi connectivity index (χ4n) is 1.53. The van der Waals surface area contributed by atoms with Crippen molar-refractivity contribution in [2.75, 3.05) is 5.32 Å². The lowest BCUT2D eigenvalue weighted by atomic mass is 10.1. The largest absolute Gasteiger partial charge is 0.507 e. The van der Waals surface area contributed by atoms with Crippen LogP contribution in [0.5, 0.6) is 5.75 Å². The Labute approximate surface area is 122 Å². The average molecular weight is 335 g/mol. The van der Waals surface area contributed by atoms with E-state index >= 15 is 0 Å². The van der Waals surface area contributed by atoms with Crippen molar-refractivity contribution >= 4 is 27.5 Å². The first kappa shape index (κ1) is 14.0. The monoisotopic (exact) mass is 334 g/mol. The van der Waals surface area contributed by atoms with Crippen LogP contribution in [-0.2, 0) is 0 Å². The summed E-state index contributed by atoms with van der Waals surface area (Å²) in [5.41, 5.74) is 0.327. The number of amides is 1. The Hall–Kier alpha value is -2.39. The van der Waals surface area contributed by atoms with Crippen molar-refractivity contribution in [1.82, 2.24) is 0 Å². The zero-order valence-corrected chi connectivity index (χ0v) is 11.6. The number of anilines is 1. The second kappa shape index (κ2) is 5.72. The van der Waals surface area contributed by atoms with Crippen LogP contribution in [0.2, 0.25) is 0 Å². The van der Waals surface area contributed by atoms with Crippen LogP contribution in [0.4, 0.5) is 10.1 Å². The number of halogens is 2. The standard InChI is InChI=1S/C14H8BrFN2O2/c15-10-3-2-9(6-13(10)19)14(20)18-12-4-1-8(7-17)5-11(12)16/h1-6,19H,(H,18,20). The number of rotatable bonds is 2. The van der Waals surface area contributed by atoms with Gasteiger partial charge in [-0.05, 0) is 52.3 Å². The van der Waals surface area contributed by atoms with Gasteiger partial charge >= 0.3 is 0 Å². The highest BCUT2D eigenvalue weighted by molar-refractivity contribution is 9.10. The molecule has 100 valence electrons. The highest BCUT2D eigenvalue weighted by atomic mass is 79.9. The average Bonchev–Trinajstić information content (AvgIpc) is 2.43. The van der Waals surface area contributed by atoms with Gasteiger partial charge in [0.2, 0.25) is 0 Å².